The van der Waals surface area contributed by atoms with Crippen molar-refractivity contribution in [2.75, 3.05) is 13.1 Å². The molecule has 1 amide bonds. The van der Waals surface area contributed by atoms with Crippen LogP contribution in [0.2, 0.25) is 0 Å². The molecule has 1 aliphatic rings. The number of aromatic nitrogens is 1. The molecule has 4 nitrogen and oxygen atoms in total. The summed E-state index contributed by atoms with van der Waals surface area (Å²) in [5, 5.41) is 3.27. The lowest BCUT2D eigenvalue weighted by molar-refractivity contribution is 0.0292. The van der Waals surface area contributed by atoms with Gasteiger partial charge < -0.3 is 9.64 Å². The molecule has 5 heteroatoms. The normalized spacial score (nSPS) is 19.8. The van der Waals surface area contributed by atoms with Crippen molar-refractivity contribution in [3.8, 4) is 0 Å². The summed E-state index contributed by atoms with van der Waals surface area (Å²) in [5.74, 6) is 0.373. The summed E-state index contributed by atoms with van der Waals surface area (Å²) in [7, 11) is 0. The molecule has 0 N–H and O–H groups in total. The fraction of sp³-hybridized carbons (Fsp3) is 0.714. The molecule has 1 fully saturated rings. The summed E-state index contributed by atoms with van der Waals surface area (Å²) in [6.07, 6.45) is 1.75. The second-order valence-corrected chi connectivity index (χ2v) is 6.83. The zero-order valence-electron chi connectivity index (χ0n) is 12.1. The van der Waals surface area contributed by atoms with Gasteiger partial charge >= 0.3 is 6.09 Å². The molecule has 0 spiro atoms. The van der Waals surface area contributed by atoms with Crippen molar-refractivity contribution in [1.82, 2.24) is 9.88 Å². The number of aryl methyl sites for hydroxylation is 1. The number of hydrogen-bond acceptors (Lipinski definition) is 4. The lowest BCUT2D eigenvalue weighted by atomic mass is 10.1. The van der Waals surface area contributed by atoms with E-state index in [4.69, 9.17) is 4.74 Å². The van der Waals surface area contributed by atoms with Gasteiger partial charge in [0.05, 0.1) is 10.7 Å². The molecule has 0 saturated carbocycles. The highest BCUT2D eigenvalue weighted by Crippen LogP contribution is 2.30. The molecular weight excluding hydrogens is 260 g/mol. The maximum absolute atomic E-state index is 12.0. The minimum atomic E-state index is -0.425. The van der Waals surface area contributed by atoms with Gasteiger partial charge in [-0.25, -0.2) is 9.78 Å². The Kier molecular flexibility index (Phi) is 4.13. The van der Waals surface area contributed by atoms with E-state index in [9.17, 15) is 4.79 Å². The van der Waals surface area contributed by atoms with E-state index >= 15 is 0 Å². The number of hydrogen-bond donors (Lipinski definition) is 0. The van der Waals surface area contributed by atoms with E-state index in [2.05, 4.69) is 17.3 Å². The fourth-order valence-electron chi connectivity index (χ4n) is 2.13. The van der Waals surface area contributed by atoms with Gasteiger partial charge in [-0.2, -0.15) is 0 Å². The van der Waals surface area contributed by atoms with Crippen molar-refractivity contribution >= 4 is 17.4 Å². The van der Waals surface area contributed by atoms with Gasteiger partial charge in [0.2, 0.25) is 0 Å². The van der Waals surface area contributed by atoms with E-state index < -0.39 is 5.60 Å². The first kappa shape index (κ1) is 14.3. The van der Waals surface area contributed by atoms with Gasteiger partial charge in [-0.15, -0.1) is 11.3 Å². The largest absolute Gasteiger partial charge is 0.444 e. The summed E-state index contributed by atoms with van der Waals surface area (Å²) >= 11 is 1.71. The van der Waals surface area contributed by atoms with Crippen LogP contribution in [0.15, 0.2) is 5.38 Å². The standard InChI is InChI=1S/C14H22N2O2S/c1-5-11-9-19-12(15-11)10-6-7-16(8-10)13(17)18-14(2,3)4/h9-10H,5-8H2,1-4H3. The molecule has 2 rings (SSSR count). The van der Waals surface area contributed by atoms with Crippen LogP contribution in [0.1, 0.15) is 50.7 Å². The van der Waals surface area contributed by atoms with Crippen molar-refractivity contribution in [1.29, 1.82) is 0 Å². The van der Waals surface area contributed by atoms with E-state index in [1.807, 2.05) is 20.8 Å². The van der Waals surface area contributed by atoms with Crippen molar-refractivity contribution in [3.63, 3.8) is 0 Å². The van der Waals surface area contributed by atoms with Gasteiger partial charge in [0.15, 0.2) is 0 Å². The number of likely N-dealkylation sites (tertiary alicyclic amines) is 1. The van der Waals surface area contributed by atoms with Crippen molar-refractivity contribution in [3.05, 3.63) is 16.1 Å². The molecule has 1 atom stereocenters. The Bertz CT molecular complexity index is 451. The van der Waals surface area contributed by atoms with Gasteiger partial charge in [-0.05, 0) is 33.6 Å². The molecular formula is C14H22N2O2S. The van der Waals surface area contributed by atoms with Crippen LogP contribution in [0.3, 0.4) is 0 Å². The molecule has 1 aromatic heterocycles. The Hall–Kier alpha value is -1.10. The van der Waals surface area contributed by atoms with Crippen LogP contribution in [0, 0.1) is 0 Å². The van der Waals surface area contributed by atoms with E-state index in [1.54, 1.807) is 16.2 Å². The summed E-state index contributed by atoms with van der Waals surface area (Å²) < 4.78 is 5.40. The predicted octanol–water partition coefficient (Wildman–Crippen LogP) is 3.43. The summed E-state index contributed by atoms with van der Waals surface area (Å²) in [6.45, 7) is 9.29. The Morgan fingerprint density at radius 1 is 1.58 bits per heavy atom. The van der Waals surface area contributed by atoms with Crippen LogP contribution in [0.4, 0.5) is 4.79 Å². The number of thiazole rings is 1. The molecule has 0 radical (unpaired) electrons. The maximum Gasteiger partial charge on any atom is 0.410 e. The minimum absolute atomic E-state index is 0.206. The molecule has 106 valence electrons. The highest BCUT2D eigenvalue weighted by atomic mass is 32.1. The van der Waals surface area contributed by atoms with Gasteiger partial charge in [-0.1, -0.05) is 6.92 Å². The van der Waals surface area contributed by atoms with E-state index in [0.717, 1.165) is 36.6 Å². The number of nitrogens with zero attached hydrogens (tertiary/aromatic N) is 2. The SMILES string of the molecule is CCc1csc(C2CCN(C(=O)OC(C)(C)C)C2)n1. The third kappa shape index (κ3) is 3.69. The number of carbonyl (C=O) groups is 1. The van der Waals surface area contributed by atoms with Crippen LogP contribution in [0.5, 0.6) is 0 Å². The van der Waals surface area contributed by atoms with E-state index in [0.29, 0.717) is 5.92 Å². The van der Waals surface area contributed by atoms with Gasteiger partial charge in [0.25, 0.3) is 0 Å². The average Bonchev–Trinajstić information content (AvgIpc) is 2.95. The Labute approximate surface area is 118 Å². The topological polar surface area (TPSA) is 42.4 Å². The molecule has 0 aromatic carbocycles. The summed E-state index contributed by atoms with van der Waals surface area (Å²) in [6, 6.07) is 0. The van der Waals surface area contributed by atoms with Crippen LogP contribution in [-0.4, -0.2) is 34.7 Å². The second-order valence-electron chi connectivity index (χ2n) is 5.94. The Balaban J connectivity index is 1.94. The monoisotopic (exact) mass is 282 g/mol. The molecule has 1 saturated heterocycles. The lowest BCUT2D eigenvalue weighted by Gasteiger charge is -2.24. The quantitative estimate of drug-likeness (QED) is 0.834. The molecule has 1 aliphatic heterocycles. The molecule has 0 aliphatic carbocycles. The molecule has 19 heavy (non-hydrogen) atoms. The molecule has 1 aromatic rings. The van der Waals surface area contributed by atoms with E-state index in [-0.39, 0.29) is 6.09 Å². The van der Waals surface area contributed by atoms with Crippen LogP contribution < -0.4 is 0 Å². The van der Waals surface area contributed by atoms with Crippen LogP contribution in [0.25, 0.3) is 0 Å². The number of rotatable bonds is 2. The second kappa shape index (κ2) is 5.49. The first-order valence-electron chi connectivity index (χ1n) is 6.81. The molecule has 0 bridgehead atoms. The van der Waals surface area contributed by atoms with Crippen LogP contribution >= 0.6 is 11.3 Å². The van der Waals surface area contributed by atoms with Crippen molar-refractivity contribution in [2.24, 2.45) is 0 Å². The molecule has 2 heterocycles. The fourth-order valence-corrected chi connectivity index (χ4v) is 3.16. The minimum Gasteiger partial charge on any atom is -0.444 e. The zero-order valence-corrected chi connectivity index (χ0v) is 12.9. The first-order valence-corrected chi connectivity index (χ1v) is 7.69. The Morgan fingerprint density at radius 3 is 2.89 bits per heavy atom. The maximum atomic E-state index is 12.0. The third-order valence-electron chi connectivity index (χ3n) is 3.12. The smallest absolute Gasteiger partial charge is 0.410 e. The lowest BCUT2D eigenvalue weighted by Crippen LogP contribution is -2.35. The third-order valence-corrected chi connectivity index (χ3v) is 4.18. The summed E-state index contributed by atoms with van der Waals surface area (Å²) in [4.78, 5) is 18.4. The van der Waals surface area contributed by atoms with Crippen LogP contribution in [-0.2, 0) is 11.2 Å². The highest BCUT2D eigenvalue weighted by Gasteiger charge is 2.31. The molecule has 1 unspecified atom stereocenters. The van der Waals surface area contributed by atoms with E-state index in [1.165, 1.54) is 0 Å². The number of carbonyl (C=O) groups excluding carboxylic acids is 1. The first-order chi connectivity index (χ1) is 8.89. The highest BCUT2D eigenvalue weighted by molar-refractivity contribution is 7.09. The van der Waals surface area contributed by atoms with Gasteiger partial charge in [-0.3, -0.25) is 0 Å². The Morgan fingerprint density at radius 2 is 2.32 bits per heavy atom. The number of ether oxygens (including phenoxy) is 1. The average molecular weight is 282 g/mol. The summed E-state index contributed by atoms with van der Waals surface area (Å²) in [5.41, 5.74) is 0.724. The van der Waals surface area contributed by atoms with Crippen molar-refractivity contribution < 1.29 is 9.53 Å². The van der Waals surface area contributed by atoms with Gasteiger partial charge in [0, 0.05) is 24.4 Å². The van der Waals surface area contributed by atoms with Gasteiger partial charge in [0.1, 0.15) is 5.60 Å². The zero-order chi connectivity index (χ0) is 14.0. The van der Waals surface area contributed by atoms with Crippen molar-refractivity contribution in [2.45, 2.75) is 52.1 Å². The number of amides is 1. The predicted molar refractivity (Wildman–Crippen MR) is 76.7 cm³/mol.